The maximum atomic E-state index is 13.3. The van der Waals surface area contributed by atoms with Gasteiger partial charge in [-0.2, -0.15) is 0 Å². The molecule has 0 bridgehead atoms. The van der Waals surface area contributed by atoms with Crippen LogP contribution in [0.3, 0.4) is 0 Å². The van der Waals surface area contributed by atoms with Gasteiger partial charge in [0.25, 0.3) is 5.91 Å². The van der Waals surface area contributed by atoms with Crippen LogP contribution in [0.1, 0.15) is 41.9 Å². The Kier molecular flexibility index (Phi) is 5.86. The zero-order chi connectivity index (χ0) is 20.2. The molecule has 5 heteroatoms. The van der Waals surface area contributed by atoms with Crippen molar-refractivity contribution in [2.75, 3.05) is 26.2 Å². The summed E-state index contributed by atoms with van der Waals surface area (Å²) in [4.78, 5) is 15.8. The van der Waals surface area contributed by atoms with E-state index < -0.39 is 0 Å². The minimum atomic E-state index is -0.0799. The molecule has 2 aromatic carbocycles. The van der Waals surface area contributed by atoms with Crippen molar-refractivity contribution in [2.24, 2.45) is 7.05 Å². The Labute approximate surface area is 172 Å². The van der Waals surface area contributed by atoms with Crippen molar-refractivity contribution >= 4 is 16.7 Å². The molecule has 1 aliphatic rings. The molecule has 0 radical (unpaired) electrons. The Hall–Kier alpha value is -2.79. The van der Waals surface area contributed by atoms with Gasteiger partial charge >= 0.3 is 0 Å². The van der Waals surface area contributed by atoms with Gasteiger partial charge in [0.15, 0.2) is 0 Å². The number of nitrogens with zero attached hydrogens (tertiary/aromatic N) is 2. The van der Waals surface area contributed by atoms with E-state index in [9.17, 15) is 4.79 Å². The van der Waals surface area contributed by atoms with Gasteiger partial charge in [0.2, 0.25) is 0 Å². The molecule has 0 spiro atoms. The highest BCUT2D eigenvalue weighted by Gasteiger charge is 2.26. The normalized spacial score (nSPS) is 15.5. The predicted molar refractivity (Wildman–Crippen MR) is 116 cm³/mol. The van der Waals surface area contributed by atoms with E-state index in [1.807, 2.05) is 43.3 Å². The minimum absolute atomic E-state index is 0.0799. The van der Waals surface area contributed by atoms with Crippen LogP contribution in [0, 0.1) is 0 Å². The standard InChI is InChI=1S/C24H29N3O2/c1-3-29-22-13-12-18-9-4-5-10-19(18)23(22)24(28)25-17-21(27-15-6-7-16-27)20-11-8-14-26(20)2/h4-5,8-14,21H,3,6-7,15-17H2,1-2H3,(H,25,28)/t21-/m1/s1. The molecule has 4 rings (SSSR count). The van der Waals surface area contributed by atoms with Gasteiger partial charge in [-0.05, 0) is 61.8 Å². The van der Waals surface area contributed by atoms with Gasteiger partial charge in [0.05, 0.1) is 18.2 Å². The topological polar surface area (TPSA) is 46.5 Å². The summed E-state index contributed by atoms with van der Waals surface area (Å²) in [5.74, 6) is 0.559. The van der Waals surface area contributed by atoms with E-state index in [0.29, 0.717) is 24.5 Å². The fraction of sp³-hybridized carbons (Fsp3) is 0.375. The first kappa shape index (κ1) is 19.5. The molecule has 0 unspecified atom stereocenters. The Morgan fingerprint density at radius 3 is 2.62 bits per heavy atom. The molecule has 1 fully saturated rings. The summed E-state index contributed by atoms with van der Waals surface area (Å²) in [5.41, 5.74) is 1.85. The third-order valence-corrected chi connectivity index (χ3v) is 5.78. The first-order valence-electron chi connectivity index (χ1n) is 10.5. The monoisotopic (exact) mass is 391 g/mol. The Morgan fingerprint density at radius 1 is 1.10 bits per heavy atom. The second kappa shape index (κ2) is 8.70. The summed E-state index contributed by atoms with van der Waals surface area (Å²) in [6.07, 6.45) is 4.50. The number of aryl methyl sites for hydroxylation is 1. The van der Waals surface area contributed by atoms with Crippen molar-refractivity contribution in [1.82, 2.24) is 14.8 Å². The molecule has 1 saturated heterocycles. The largest absolute Gasteiger partial charge is 0.493 e. The van der Waals surface area contributed by atoms with Crippen LogP contribution in [0.15, 0.2) is 54.7 Å². The maximum absolute atomic E-state index is 13.3. The van der Waals surface area contributed by atoms with Crippen LogP contribution in [0.5, 0.6) is 5.75 Å². The van der Waals surface area contributed by atoms with Crippen molar-refractivity contribution in [3.05, 3.63) is 66.0 Å². The Balaban J connectivity index is 1.61. The van der Waals surface area contributed by atoms with Crippen LogP contribution >= 0.6 is 0 Å². The Bertz CT molecular complexity index is 989. The van der Waals surface area contributed by atoms with Crippen molar-refractivity contribution in [2.45, 2.75) is 25.8 Å². The van der Waals surface area contributed by atoms with Crippen molar-refractivity contribution in [3.8, 4) is 5.75 Å². The first-order valence-corrected chi connectivity index (χ1v) is 10.5. The average molecular weight is 392 g/mol. The Morgan fingerprint density at radius 2 is 1.90 bits per heavy atom. The lowest BCUT2D eigenvalue weighted by Crippen LogP contribution is -2.37. The van der Waals surface area contributed by atoms with Crippen LogP contribution in [0.2, 0.25) is 0 Å². The summed E-state index contributed by atoms with van der Waals surface area (Å²) >= 11 is 0. The summed E-state index contributed by atoms with van der Waals surface area (Å²) in [6.45, 7) is 5.19. The molecule has 2 heterocycles. The fourth-order valence-corrected chi connectivity index (χ4v) is 4.33. The number of carbonyl (C=O) groups excluding carboxylic acids is 1. The number of nitrogens with one attached hydrogen (secondary N) is 1. The highest BCUT2D eigenvalue weighted by Crippen LogP contribution is 2.29. The van der Waals surface area contributed by atoms with Gasteiger partial charge in [0, 0.05) is 25.5 Å². The third kappa shape index (κ3) is 4.01. The summed E-state index contributed by atoms with van der Waals surface area (Å²) in [7, 11) is 2.07. The SMILES string of the molecule is CCOc1ccc2ccccc2c1C(=O)NC[C@H](c1cccn1C)N1CCCC1. The van der Waals surface area contributed by atoms with E-state index in [0.717, 1.165) is 23.9 Å². The smallest absolute Gasteiger partial charge is 0.255 e. The van der Waals surface area contributed by atoms with Crippen LogP contribution < -0.4 is 10.1 Å². The molecule has 0 saturated carbocycles. The lowest BCUT2D eigenvalue weighted by molar-refractivity contribution is 0.0934. The maximum Gasteiger partial charge on any atom is 0.255 e. The number of hydrogen-bond acceptors (Lipinski definition) is 3. The highest BCUT2D eigenvalue weighted by atomic mass is 16.5. The van der Waals surface area contributed by atoms with Gasteiger partial charge in [-0.1, -0.05) is 30.3 Å². The number of likely N-dealkylation sites (tertiary alicyclic amines) is 1. The van der Waals surface area contributed by atoms with Crippen molar-refractivity contribution < 1.29 is 9.53 Å². The molecule has 152 valence electrons. The van der Waals surface area contributed by atoms with Crippen LogP contribution in [-0.2, 0) is 7.05 Å². The highest BCUT2D eigenvalue weighted by molar-refractivity contribution is 6.09. The molecule has 0 aliphatic carbocycles. The minimum Gasteiger partial charge on any atom is -0.493 e. The number of hydrogen-bond donors (Lipinski definition) is 1. The molecule has 5 nitrogen and oxygen atoms in total. The molecular formula is C24H29N3O2. The molecule has 1 N–H and O–H groups in total. The summed E-state index contributed by atoms with van der Waals surface area (Å²) in [6, 6.07) is 16.3. The first-order chi connectivity index (χ1) is 14.2. The van der Waals surface area contributed by atoms with Crippen LogP contribution in [0.4, 0.5) is 0 Å². The quantitative estimate of drug-likeness (QED) is 0.658. The molecule has 1 aliphatic heterocycles. The number of ether oxygens (including phenoxy) is 1. The van der Waals surface area contributed by atoms with Crippen LogP contribution in [-0.4, -0.2) is 41.6 Å². The number of benzene rings is 2. The van der Waals surface area contributed by atoms with Gasteiger partial charge in [0.1, 0.15) is 5.75 Å². The molecule has 1 atom stereocenters. The van der Waals surface area contributed by atoms with E-state index in [1.165, 1.54) is 18.5 Å². The van der Waals surface area contributed by atoms with E-state index in [-0.39, 0.29) is 11.9 Å². The molecule has 3 aromatic rings. The van der Waals surface area contributed by atoms with E-state index in [4.69, 9.17) is 4.74 Å². The molecule has 1 aromatic heterocycles. The molecule has 29 heavy (non-hydrogen) atoms. The second-order valence-electron chi connectivity index (χ2n) is 7.61. The van der Waals surface area contributed by atoms with Gasteiger partial charge < -0.3 is 14.6 Å². The summed E-state index contributed by atoms with van der Waals surface area (Å²) in [5, 5.41) is 5.17. The second-order valence-corrected chi connectivity index (χ2v) is 7.61. The molecule has 1 amide bonds. The van der Waals surface area contributed by atoms with E-state index >= 15 is 0 Å². The van der Waals surface area contributed by atoms with Crippen molar-refractivity contribution in [3.63, 3.8) is 0 Å². The lowest BCUT2D eigenvalue weighted by Gasteiger charge is -2.28. The molecular weight excluding hydrogens is 362 g/mol. The summed E-state index contributed by atoms with van der Waals surface area (Å²) < 4.78 is 7.94. The van der Waals surface area contributed by atoms with Crippen molar-refractivity contribution in [1.29, 1.82) is 0 Å². The predicted octanol–water partition coefficient (Wildman–Crippen LogP) is 4.14. The number of carbonyl (C=O) groups is 1. The van der Waals surface area contributed by atoms with E-state index in [1.54, 1.807) is 0 Å². The van der Waals surface area contributed by atoms with Gasteiger partial charge in [-0.25, -0.2) is 0 Å². The zero-order valence-electron chi connectivity index (χ0n) is 17.2. The number of rotatable bonds is 7. The van der Waals surface area contributed by atoms with Crippen LogP contribution in [0.25, 0.3) is 10.8 Å². The fourth-order valence-electron chi connectivity index (χ4n) is 4.33. The average Bonchev–Trinajstić information content (AvgIpc) is 3.41. The van der Waals surface area contributed by atoms with E-state index in [2.05, 4.69) is 40.2 Å². The number of fused-ring (bicyclic) bond motifs is 1. The number of amides is 1. The van der Waals surface area contributed by atoms with Gasteiger partial charge in [-0.15, -0.1) is 0 Å². The zero-order valence-corrected chi connectivity index (χ0v) is 17.2. The number of aromatic nitrogens is 1. The third-order valence-electron chi connectivity index (χ3n) is 5.78. The van der Waals surface area contributed by atoms with Gasteiger partial charge in [-0.3, -0.25) is 9.69 Å². The lowest BCUT2D eigenvalue weighted by atomic mass is 10.0.